The second-order valence-electron chi connectivity index (χ2n) is 4.37. The van der Waals surface area contributed by atoms with Crippen LogP contribution < -0.4 is 5.32 Å². The zero-order valence-corrected chi connectivity index (χ0v) is 9.18. The maximum atomic E-state index is 10.6. The molecule has 0 bridgehead atoms. The molecule has 0 aromatic carbocycles. The number of anilines is 1. The van der Waals surface area contributed by atoms with E-state index in [-0.39, 0.29) is 5.69 Å². The van der Waals surface area contributed by atoms with Crippen LogP contribution in [0.5, 0.6) is 0 Å². The lowest BCUT2D eigenvalue weighted by molar-refractivity contribution is 0.0689. The number of carboxylic acids is 1. The zero-order valence-electron chi connectivity index (χ0n) is 9.18. The van der Waals surface area contributed by atoms with Crippen molar-refractivity contribution in [2.24, 2.45) is 5.92 Å². The van der Waals surface area contributed by atoms with E-state index in [1.165, 1.54) is 12.5 Å². The lowest BCUT2D eigenvalue weighted by Gasteiger charge is -2.12. The van der Waals surface area contributed by atoms with Crippen molar-refractivity contribution >= 4 is 11.8 Å². The lowest BCUT2D eigenvalue weighted by atomic mass is 10.1. The Kier molecular flexibility index (Phi) is 3.03. The van der Waals surface area contributed by atoms with Gasteiger partial charge in [0.1, 0.15) is 5.82 Å². The fraction of sp³-hybridized carbons (Fsp3) is 0.545. The summed E-state index contributed by atoms with van der Waals surface area (Å²) in [6, 6.07) is 3.58. The first-order chi connectivity index (χ1) is 7.65. The van der Waals surface area contributed by atoms with E-state index in [2.05, 4.69) is 22.4 Å². The molecule has 1 aliphatic carbocycles. The third-order valence-corrected chi connectivity index (χ3v) is 2.93. The highest BCUT2D eigenvalue weighted by atomic mass is 16.4. The third-order valence-electron chi connectivity index (χ3n) is 2.93. The van der Waals surface area contributed by atoms with Gasteiger partial charge in [0, 0.05) is 6.04 Å². The van der Waals surface area contributed by atoms with Gasteiger partial charge in [0.05, 0.1) is 0 Å². The first-order valence-corrected chi connectivity index (χ1v) is 5.48. The van der Waals surface area contributed by atoms with Crippen LogP contribution >= 0.6 is 0 Å². The van der Waals surface area contributed by atoms with Crippen LogP contribution in [0.25, 0.3) is 0 Å². The van der Waals surface area contributed by atoms with Gasteiger partial charge in [-0.15, -0.1) is 10.2 Å². The minimum Gasteiger partial charge on any atom is -0.476 e. The molecule has 2 atom stereocenters. The Morgan fingerprint density at radius 1 is 1.44 bits per heavy atom. The average molecular weight is 221 g/mol. The number of hydrogen-bond acceptors (Lipinski definition) is 4. The quantitative estimate of drug-likeness (QED) is 0.813. The third kappa shape index (κ3) is 2.48. The summed E-state index contributed by atoms with van der Waals surface area (Å²) >= 11 is 0. The zero-order chi connectivity index (χ0) is 11.5. The Labute approximate surface area is 93.9 Å². The van der Waals surface area contributed by atoms with Gasteiger partial charge in [-0.05, 0) is 37.3 Å². The number of carboxylic acid groups (broad SMARTS) is 1. The minimum atomic E-state index is -1.05. The van der Waals surface area contributed by atoms with Crippen molar-refractivity contribution in [3.8, 4) is 0 Å². The van der Waals surface area contributed by atoms with E-state index >= 15 is 0 Å². The molecular formula is C11H15N3O2. The fourth-order valence-electron chi connectivity index (χ4n) is 2.07. The molecule has 2 rings (SSSR count). The molecule has 0 aliphatic heterocycles. The van der Waals surface area contributed by atoms with E-state index < -0.39 is 5.97 Å². The van der Waals surface area contributed by atoms with E-state index in [0.29, 0.717) is 11.9 Å². The van der Waals surface area contributed by atoms with Crippen LogP contribution in [0.15, 0.2) is 12.1 Å². The van der Waals surface area contributed by atoms with Crippen LogP contribution in [0.3, 0.4) is 0 Å². The van der Waals surface area contributed by atoms with Crippen molar-refractivity contribution in [1.29, 1.82) is 0 Å². The Hall–Kier alpha value is -1.65. The highest BCUT2D eigenvalue weighted by molar-refractivity contribution is 5.85. The summed E-state index contributed by atoms with van der Waals surface area (Å²) in [5.74, 6) is 0.362. The molecule has 1 saturated carbocycles. The molecule has 1 fully saturated rings. The van der Waals surface area contributed by atoms with E-state index in [0.717, 1.165) is 18.8 Å². The minimum absolute atomic E-state index is 0.0228. The van der Waals surface area contributed by atoms with Crippen molar-refractivity contribution in [2.75, 3.05) is 5.32 Å². The molecule has 16 heavy (non-hydrogen) atoms. The molecule has 5 heteroatoms. The molecule has 5 nitrogen and oxygen atoms in total. The van der Waals surface area contributed by atoms with Crippen LogP contribution in [-0.2, 0) is 0 Å². The molecule has 0 radical (unpaired) electrons. The summed E-state index contributed by atoms with van der Waals surface area (Å²) in [6.07, 6.45) is 3.52. The van der Waals surface area contributed by atoms with E-state index in [4.69, 9.17) is 5.11 Å². The smallest absolute Gasteiger partial charge is 0.356 e. The summed E-state index contributed by atoms with van der Waals surface area (Å²) in [7, 11) is 0. The number of nitrogens with one attached hydrogen (secondary N) is 1. The number of aromatic carboxylic acids is 1. The molecule has 0 amide bonds. The van der Waals surface area contributed by atoms with Crippen molar-refractivity contribution < 1.29 is 9.90 Å². The molecule has 2 N–H and O–H groups in total. The van der Waals surface area contributed by atoms with Gasteiger partial charge >= 0.3 is 5.97 Å². The van der Waals surface area contributed by atoms with Crippen LogP contribution in [0.4, 0.5) is 5.82 Å². The van der Waals surface area contributed by atoms with E-state index in [1.54, 1.807) is 6.07 Å². The number of carbonyl (C=O) groups is 1. The van der Waals surface area contributed by atoms with Crippen LogP contribution in [0, 0.1) is 5.92 Å². The lowest BCUT2D eigenvalue weighted by Crippen LogP contribution is -2.17. The second-order valence-corrected chi connectivity index (χ2v) is 4.37. The van der Waals surface area contributed by atoms with Crippen LogP contribution in [-0.4, -0.2) is 27.3 Å². The van der Waals surface area contributed by atoms with Crippen molar-refractivity contribution in [1.82, 2.24) is 10.2 Å². The second kappa shape index (κ2) is 4.47. The van der Waals surface area contributed by atoms with Crippen molar-refractivity contribution in [3.63, 3.8) is 0 Å². The Balaban J connectivity index is 1.97. The molecule has 2 unspecified atom stereocenters. The predicted octanol–water partition coefficient (Wildman–Crippen LogP) is 1.78. The summed E-state index contributed by atoms with van der Waals surface area (Å²) in [5.41, 5.74) is -0.0228. The summed E-state index contributed by atoms with van der Waals surface area (Å²) in [5, 5.41) is 19.4. The monoisotopic (exact) mass is 221 g/mol. The largest absolute Gasteiger partial charge is 0.476 e. The van der Waals surface area contributed by atoms with Gasteiger partial charge in [-0.2, -0.15) is 0 Å². The van der Waals surface area contributed by atoms with E-state index in [1.807, 2.05) is 0 Å². The van der Waals surface area contributed by atoms with Gasteiger partial charge in [-0.1, -0.05) is 6.92 Å². The number of aromatic nitrogens is 2. The summed E-state index contributed by atoms with van der Waals surface area (Å²) in [6.45, 7) is 2.24. The Morgan fingerprint density at radius 3 is 2.75 bits per heavy atom. The molecule has 1 aromatic heterocycles. The highest BCUT2D eigenvalue weighted by Gasteiger charge is 2.21. The maximum absolute atomic E-state index is 10.6. The molecule has 1 heterocycles. The van der Waals surface area contributed by atoms with E-state index in [9.17, 15) is 4.79 Å². The van der Waals surface area contributed by atoms with Crippen LogP contribution in [0.2, 0.25) is 0 Å². The van der Waals surface area contributed by atoms with Crippen LogP contribution in [0.1, 0.15) is 36.7 Å². The van der Waals surface area contributed by atoms with Gasteiger partial charge in [0.2, 0.25) is 0 Å². The number of rotatable bonds is 3. The number of hydrogen-bond donors (Lipinski definition) is 2. The normalized spacial score (nSPS) is 24.3. The average Bonchev–Trinajstić information content (AvgIpc) is 2.65. The maximum Gasteiger partial charge on any atom is 0.356 e. The Bertz CT molecular complexity index is 377. The standard InChI is InChI=1S/C11H15N3O2/c1-7-2-3-8(6-7)12-10-5-4-9(11(15)16)13-14-10/h4-5,7-8H,2-3,6H2,1H3,(H,12,14)(H,15,16). The van der Waals surface area contributed by atoms with Crippen molar-refractivity contribution in [3.05, 3.63) is 17.8 Å². The molecule has 1 aromatic rings. The topological polar surface area (TPSA) is 75.1 Å². The highest BCUT2D eigenvalue weighted by Crippen LogP contribution is 2.26. The van der Waals surface area contributed by atoms with Gasteiger partial charge < -0.3 is 10.4 Å². The Morgan fingerprint density at radius 2 is 2.25 bits per heavy atom. The molecule has 1 aliphatic rings. The number of nitrogens with zero attached hydrogens (tertiary/aromatic N) is 2. The molecule has 0 saturated heterocycles. The van der Waals surface area contributed by atoms with Gasteiger partial charge in [0.15, 0.2) is 5.69 Å². The van der Waals surface area contributed by atoms with Crippen molar-refractivity contribution in [2.45, 2.75) is 32.2 Å². The molecule has 86 valence electrons. The first-order valence-electron chi connectivity index (χ1n) is 5.48. The summed E-state index contributed by atoms with van der Waals surface area (Å²) in [4.78, 5) is 10.6. The van der Waals surface area contributed by atoms with Gasteiger partial charge in [0.25, 0.3) is 0 Å². The van der Waals surface area contributed by atoms with Gasteiger partial charge in [-0.3, -0.25) is 0 Å². The first kappa shape index (κ1) is 10.9. The fourth-order valence-corrected chi connectivity index (χ4v) is 2.07. The predicted molar refractivity (Wildman–Crippen MR) is 59.4 cm³/mol. The molecule has 0 spiro atoms. The molecular weight excluding hydrogens is 206 g/mol. The summed E-state index contributed by atoms with van der Waals surface area (Å²) < 4.78 is 0. The van der Waals surface area contributed by atoms with Gasteiger partial charge in [-0.25, -0.2) is 4.79 Å². The SMILES string of the molecule is CC1CCC(Nc2ccc(C(=O)O)nn2)C1.